The fourth-order valence-electron chi connectivity index (χ4n) is 1.82. The lowest BCUT2D eigenvalue weighted by Crippen LogP contribution is -2.50. The average molecular weight is 306 g/mol. The molecule has 0 unspecified atom stereocenters. The van der Waals surface area contributed by atoms with Crippen LogP contribution in [0, 0.1) is 0 Å². The largest absolute Gasteiger partial charge is 0.417 e. The predicted octanol–water partition coefficient (Wildman–Crippen LogP) is 2.23. The van der Waals surface area contributed by atoms with Crippen LogP contribution < -0.4 is 0 Å². The van der Waals surface area contributed by atoms with E-state index in [1.54, 1.807) is 6.92 Å². The summed E-state index contributed by atoms with van der Waals surface area (Å²) in [7, 11) is -1.72. The highest BCUT2D eigenvalue weighted by Gasteiger charge is 2.39. The second-order valence-electron chi connectivity index (χ2n) is 7.17. The lowest BCUT2D eigenvalue weighted by molar-refractivity contribution is -0.409. The van der Waals surface area contributed by atoms with E-state index in [1.807, 2.05) is 0 Å². The first kappa shape index (κ1) is 18.1. The maximum absolute atomic E-state index is 9.91. The zero-order valence-corrected chi connectivity index (χ0v) is 14.5. The first-order valence-corrected chi connectivity index (χ1v) is 10.3. The van der Waals surface area contributed by atoms with Crippen LogP contribution in [-0.4, -0.2) is 49.6 Å². The lowest BCUT2D eigenvalue weighted by Gasteiger charge is -2.37. The third-order valence-electron chi connectivity index (χ3n) is 4.44. The molecule has 2 N–H and O–H groups in total. The quantitative estimate of drug-likeness (QED) is 0.463. The molecule has 1 rings (SSSR count). The van der Waals surface area contributed by atoms with E-state index in [0.717, 1.165) is 6.42 Å². The van der Waals surface area contributed by atoms with Gasteiger partial charge < -0.3 is 14.6 Å². The van der Waals surface area contributed by atoms with Gasteiger partial charge in [-0.1, -0.05) is 20.8 Å². The van der Waals surface area contributed by atoms with Gasteiger partial charge in [0.2, 0.25) is 0 Å². The van der Waals surface area contributed by atoms with E-state index >= 15 is 0 Å². The normalized spacial score (nSPS) is 32.4. The molecule has 4 atom stereocenters. The van der Waals surface area contributed by atoms with E-state index in [-0.39, 0.29) is 5.04 Å². The van der Waals surface area contributed by atoms with Crippen LogP contribution in [0.15, 0.2) is 0 Å². The molecule has 0 aromatic heterocycles. The highest BCUT2D eigenvalue weighted by molar-refractivity contribution is 6.74. The van der Waals surface area contributed by atoms with Gasteiger partial charge in [0, 0.05) is 6.61 Å². The molecular weight excluding hydrogens is 276 g/mol. The minimum Gasteiger partial charge on any atom is -0.417 e. The van der Waals surface area contributed by atoms with E-state index < -0.39 is 32.7 Å². The highest BCUT2D eigenvalue weighted by atomic mass is 28.4. The van der Waals surface area contributed by atoms with Gasteiger partial charge in [-0.3, -0.25) is 0 Å². The molecule has 0 spiro atoms. The van der Waals surface area contributed by atoms with E-state index in [9.17, 15) is 10.2 Å². The van der Waals surface area contributed by atoms with Gasteiger partial charge in [0.15, 0.2) is 8.32 Å². The van der Waals surface area contributed by atoms with Crippen molar-refractivity contribution in [3.63, 3.8) is 0 Å². The molecule has 1 saturated heterocycles. The Morgan fingerprint density at radius 2 is 1.70 bits per heavy atom. The summed E-state index contributed by atoms with van der Waals surface area (Å²) < 4.78 is 6.07. The second-order valence-corrected chi connectivity index (χ2v) is 12.0. The smallest absolute Gasteiger partial charge is 0.191 e. The second kappa shape index (κ2) is 6.85. The highest BCUT2D eigenvalue weighted by Crippen LogP contribution is 2.36. The van der Waals surface area contributed by atoms with E-state index in [2.05, 4.69) is 33.9 Å². The summed E-state index contributed by atoms with van der Waals surface area (Å²) >= 11 is 0. The van der Waals surface area contributed by atoms with Gasteiger partial charge in [0.25, 0.3) is 0 Å². The van der Waals surface area contributed by atoms with Crippen LogP contribution in [0.5, 0.6) is 0 Å². The number of rotatable bonds is 5. The minimum atomic E-state index is -1.72. The molecular formula is C14H30O5Si. The Balaban J connectivity index is 2.32. The molecule has 5 nitrogen and oxygen atoms in total. The third kappa shape index (κ3) is 4.51. The SMILES string of the molecule is C[C@@H]1OO[C@H](CCCO[Si](C)(C)C(C)(C)C)[C@@H](O)[C@H]1O. The lowest BCUT2D eigenvalue weighted by atomic mass is 10.00. The molecule has 0 aliphatic carbocycles. The predicted molar refractivity (Wildman–Crippen MR) is 79.8 cm³/mol. The van der Waals surface area contributed by atoms with Crippen LogP contribution in [0.1, 0.15) is 40.5 Å². The van der Waals surface area contributed by atoms with Crippen LogP contribution in [-0.2, 0) is 14.2 Å². The van der Waals surface area contributed by atoms with Gasteiger partial charge in [0.1, 0.15) is 24.4 Å². The summed E-state index contributed by atoms with van der Waals surface area (Å²) in [5.41, 5.74) is 0. The molecule has 0 aromatic rings. The van der Waals surface area contributed by atoms with Crippen molar-refractivity contribution in [1.82, 2.24) is 0 Å². The van der Waals surface area contributed by atoms with Gasteiger partial charge in [-0.15, -0.1) is 0 Å². The third-order valence-corrected chi connectivity index (χ3v) is 8.98. The Hall–Kier alpha value is 0.0169. The first-order chi connectivity index (χ1) is 9.06. The van der Waals surface area contributed by atoms with E-state index in [1.165, 1.54) is 0 Å². The molecule has 0 amide bonds. The number of hydrogen-bond donors (Lipinski definition) is 2. The Morgan fingerprint density at radius 1 is 1.10 bits per heavy atom. The van der Waals surface area contributed by atoms with Crippen molar-refractivity contribution in [2.24, 2.45) is 0 Å². The van der Waals surface area contributed by atoms with Crippen molar-refractivity contribution in [2.75, 3.05) is 6.61 Å². The van der Waals surface area contributed by atoms with E-state index in [0.29, 0.717) is 13.0 Å². The van der Waals surface area contributed by atoms with Gasteiger partial charge >= 0.3 is 0 Å². The van der Waals surface area contributed by atoms with Crippen LogP contribution >= 0.6 is 0 Å². The molecule has 0 radical (unpaired) electrons. The topological polar surface area (TPSA) is 68.2 Å². The zero-order valence-electron chi connectivity index (χ0n) is 13.5. The van der Waals surface area contributed by atoms with Gasteiger partial charge in [-0.25, -0.2) is 9.78 Å². The monoisotopic (exact) mass is 306 g/mol. The summed E-state index contributed by atoms with van der Waals surface area (Å²) in [5.74, 6) is 0. The molecule has 1 aliphatic rings. The maximum Gasteiger partial charge on any atom is 0.191 e. The van der Waals surface area contributed by atoms with Crippen LogP contribution in [0.25, 0.3) is 0 Å². The Bertz CT molecular complexity index is 302. The zero-order chi connectivity index (χ0) is 15.6. The van der Waals surface area contributed by atoms with Crippen molar-refractivity contribution in [3.8, 4) is 0 Å². The summed E-state index contributed by atoms with van der Waals surface area (Å²) in [6, 6.07) is 0. The molecule has 120 valence electrons. The maximum atomic E-state index is 9.91. The van der Waals surface area contributed by atoms with Gasteiger partial charge in [-0.05, 0) is 37.9 Å². The summed E-state index contributed by atoms with van der Waals surface area (Å²) in [6.45, 7) is 13.4. The Kier molecular flexibility index (Phi) is 6.19. The average Bonchev–Trinajstić information content (AvgIpc) is 2.32. The van der Waals surface area contributed by atoms with Crippen molar-refractivity contribution in [3.05, 3.63) is 0 Å². The van der Waals surface area contributed by atoms with Crippen molar-refractivity contribution in [1.29, 1.82) is 0 Å². The van der Waals surface area contributed by atoms with Crippen LogP contribution in [0.3, 0.4) is 0 Å². The number of aliphatic hydroxyl groups is 2. The summed E-state index contributed by atoms with van der Waals surface area (Å²) in [4.78, 5) is 10.1. The van der Waals surface area contributed by atoms with Crippen LogP contribution in [0.2, 0.25) is 18.1 Å². The Labute approximate surface area is 123 Å². The number of aliphatic hydroxyl groups excluding tert-OH is 2. The minimum absolute atomic E-state index is 0.197. The molecule has 0 aromatic carbocycles. The molecule has 1 heterocycles. The van der Waals surface area contributed by atoms with Crippen molar-refractivity contribution >= 4 is 8.32 Å². The number of hydrogen-bond acceptors (Lipinski definition) is 5. The first-order valence-electron chi connectivity index (χ1n) is 7.38. The fourth-order valence-corrected chi connectivity index (χ4v) is 2.91. The fraction of sp³-hybridized carbons (Fsp3) is 1.00. The molecule has 0 bridgehead atoms. The van der Waals surface area contributed by atoms with Crippen molar-refractivity contribution < 1.29 is 24.4 Å². The molecule has 20 heavy (non-hydrogen) atoms. The summed E-state index contributed by atoms with van der Waals surface area (Å²) in [5, 5.41) is 19.8. The standard InChI is InChI=1S/C14H30O5Si/c1-10-12(15)13(16)11(19-18-10)8-7-9-17-20(5,6)14(2,3)4/h10-13,15-16H,7-9H2,1-6H3/t10-,11+,12-,13+/m0/s1. The van der Waals surface area contributed by atoms with Gasteiger partial charge in [-0.2, -0.15) is 0 Å². The van der Waals surface area contributed by atoms with Gasteiger partial charge in [0.05, 0.1) is 0 Å². The Morgan fingerprint density at radius 3 is 2.25 bits per heavy atom. The van der Waals surface area contributed by atoms with Crippen molar-refractivity contribution in [2.45, 2.75) is 83.1 Å². The molecule has 6 heteroatoms. The van der Waals surface area contributed by atoms with E-state index in [4.69, 9.17) is 14.2 Å². The molecule has 1 fully saturated rings. The molecule has 0 saturated carbocycles. The van der Waals surface area contributed by atoms with Crippen LogP contribution in [0.4, 0.5) is 0 Å². The summed E-state index contributed by atoms with van der Waals surface area (Å²) in [6.07, 6.45) is -1.38. The molecule has 1 aliphatic heterocycles.